The molecule has 0 aliphatic rings. The van der Waals surface area contributed by atoms with Gasteiger partial charge in [-0.3, -0.25) is 15.5 Å². The molecule has 1 N–H and O–H groups in total. The second-order valence-corrected chi connectivity index (χ2v) is 7.48. The van der Waals surface area contributed by atoms with E-state index in [0.717, 1.165) is 33.0 Å². The smallest absolute Gasteiger partial charge is 0.269 e. The van der Waals surface area contributed by atoms with Gasteiger partial charge in [0.2, 0.25) is 5.13 Å². The number of nitro groups is 1. The Morgan fingerprint density at radius 2 is 1.71 bits per heavy atom. The third-order valence-electron chi connectivity index (χ3n) is 4.52. The quantitative estimate of drug-likeness (QED) is 0.226. The van der Waals surface area contributed by atoms with Crippen molar-refractivity contribution in [1.29, 1.82) is 0 Å². The standard InChI is InChI=1S/C23H18N4O3S/c1-30-20-10-6-5-9-18(20)15-24-26-23-25-21(16-7-3-2-4-8-16)22(31-23)17-11-13-19(14-12-17)27(28)29/h2-15H,1H3,(H,25,26)/b24-15-. The molecule has 7 nitrogen and oxygen atoms in total. The van der Waals surface area contributed by atoms with E-state index in [4.69, 9.17) is 9.72 Å². The monoisotopic (exact) mass is 430 g/mol. The fourth-order valence-electron chi connectivity index (χ4n) is 3.02. The number of nitro benzene ring substituents is 1. The molecule has 0 atom stereocenters. The maximum absolute atomic E-state index is 11.0. The van der Waals surface area contributed by atoms with Crippen LogP contribution in [-0.2, 0) is 0 Å². The molecule has 0 radical (unpaired) electrons. The molecule has 154 valence electrons. The van der Waals surface area contributed by atoms with Gasteiger partial charge in [0, 0.05) is 23.3 Å². The molecule has 0 fully saturated rings. The van der Waals surface area contributed by atoms with Crippen molar-refractivity contribution in [2.45, 2.75) is 0 Å². The van der Waals surface area contributed by atoms with Crippen molar-refractivity contribution in [3.05, 3.63) is 94.5 Å². The van der Waals surface area contributed by atoms with E-state index < -0.39 is 4.92 Å². The van der Waals surface area contributed by atoms with E-state index in [1.54, 1.807) is 25.5 Å². The Kier molecular flexibility index (Phi) is 6.00. The molecule has 1 aromatic heterocycles. The summed E-state index contributed by atoms with van der Waals surface area (Å²) >= 11 is 1.43. The molecule has 4 aromatic rings. The molecular formula is C23H18N4O3S. The molecule has 0 aliphatic carbocycles. The molecule has 8 heteroatoms. The van der Waals surface area contributed by atoms with Crippen molar-refractivity contribution < 1.29 is 9.66 Å². The number of nitrogens with zero attached hydrogens (tertiary/aromatic N) is 3. The minimum atomic E-state index is -0.409. The zero-order valence-corrected chi connectivity index (χ0v) is 17.4. The summed E-state index contributed by atoms with van der Waals surface area (Å²) in [5.74, 6) is 0.726. The predicted molar refractivity (Wildman–Crippen MR) is 124 cm³/mol. The average molecular weight is 430 g/mol. The number of ether oxygens (including phenoxy) is 1. The maximum atomic E-state index is 11.0. The number of thiazole rings is 1. The predicted octanol–water partition coefficient (Wildman–Crippen LogP) is 5.84. The van der Waals surface area contributed by atoms with E-state index in [2.05, 4.69) is 10.5 Å². The van der Waals surface area contributed by atoms with Crippen LogP contribution in [-0.4, -0.2) is 23.2 Å². The normalized spacial score (nSPS) is 10.9. The molecule has 0 unspecified atom stereocenters. The number of hydrazone groups is 1. The third-order valence-corrected chi connectivity index (χ3v) is 5.53. The van der Waals surface area contributed by atoms with Gasteiger partial charge >= 0.3 is 0 Å². The van der Waals surface area contributed by atoms with Gasteiger partial charge < -0.3 is 4.74 Å². The summed E-state index contributed by atoms with van der Waals surface area (Å²) in [6.07, 6.45) is 1.67. The SMILES string of the molecule is COc1ccccc1/C=N\Nc1nc(-c2ccccc2)c(-c2ccc([N+](=O)[O-])cc2)s1. The Bertz CT molecular complexity index is 1220. The van der Waals surface area contributed by atoms with Crippen molar-refractivity contribution >= 4 is 28.4 Å². The van der Waals surface area contributed by atoms with E-state index in [9.17, 15) is 10.1 Å². The first-order valence-electron chi connectivity index (χ1n) is 9.39. The van der Waals surface area contributed by atoms with Crippen LogP contribution in [0.3, 0.4) is 0 Å². The average Bonchev–Trinajstić information content (AvgIpc) is 3.24. The van der Waals surface area contributed by atoms with E-state index in [1.807, 2.05) is 54.6 Å². The molecule has 0 spiro atoms. The summed E-state index contributed by atoms with van der Waals surface area (Å²) in [6, 6.07) is 23.8. The van der Waals surface area contributed by atoms with Gasteiger partial charge in [0.15, 0.2) is 0 Å². The highest BCUT2D eigenvalue weighted by Crippen LogP contribution is 2.39. The van der Waals surface area contributed by atoms with Gasteiger partial charge in [-0.05, 0) is 29.8 Å². The van der Waals surface area contributed by atoms with Gasteiger partial charge in [-0.15, -0.1) is 0 Å². The number of methoxy groups -OCH3 is 1. The fourth-order valence-corrected chi connectivity index (χ4v) is 3.96. The molecule has 0 saturated carbocycles. The summed E-state index contributed by atoms with van der Waals surface area (Å²) in [7, 11) is 1.61. The minimum Gasteiger partial charge on any atom is -0.496 e. The topological polar surface area (TPSA) is 89.7 Å². The van der Waals surface area contributed by atoms with Crippen LogP contribution >= 0.6 is 11.3 Å². The number of benzene rings is 3. The van der Waals surface area contributed by atoms with Gasteiger partial charge in [0.05, 0.1) is 28.8 Å². The molecule has 31 heavy (non-hydrogen) atoms. The van der Waals surface area contributed by atoms with Crippen LogP contribution in [0.15, 0.2) is 84.0 Å². The van der Waals surface area contributed by atoms with E-state index in [1.165, 1.54) is 23.5 Å². The van der Waals surface area contributed by atoms with Gasteiger partial charge in [-0.25, -0.2) is 4.98 Å². The highest BCUT2D eigenvalue weighted by atomic mass is 32.1. The number of para-hydroxylation sites is 1. The second-order valence-electron chi connectivity index (χ2n) is 6.48. The molecule has 0 aliphatic heterocycles. The van der Waals surface area contributed by atoms with E-state index in [-0.39, 0.29) is 5.69 Å². The van der Waals surface area contributed by atoms with Gasteiger partial charge in [-0.2, -0.15) is 5.10 Å². The molecule has 4 rings (SSSR count). The van der Waals surface area contributed by atoms with E-state index in [0.29, 0.717) is 5.13 Å². The second kappa shape index (κ2) is 9.19. The van der Waals surface area contributed by atoms with Crippen LogP contribution in [0.2, 0.25) is 0 Å². The lowest BCUT2D eigenvalue weighted by atomic mass is 10.1. The van der Waals surface area contributed by atoms with Crippen LogP contribution in [0.25, 0.3) is 21.7 Å². The van der Waals surface area contributed by atoms with Gasteiger partial charge in [-0.1, -0.05) is 53.8 Å². The van der Waals surface area contributed by atoms with Crippen LogP contribution < -0.4 is 10.2 Å². The lowest BCUT2D eigenvalue weighted by molar-refractivity contribution is -0.384. The Balaban J connectivity index is 1.66. The summed E-state index contributed by atoms with van der Waals surface area (Å²) in [5.41, 5.74) is 6.47. The maximum Gasteiger partial charge on any atom is 0.269 e. The Morgan fingerprint density at radius 1 is 1.00 bits per heavy atom. The Hall–Kier alpha value is -4.04. The molecular weight excluding hydrogens is 412 g/mol. The van der Waals surface area contributed by atoms with Crippen LogP contribution in [0, 0.1) is 10.1 Å². The molecule has 1 heterocycles. The molecule has 0 amide bonds. The number of non-ortho nitro benzene ring substituents is 1. The molecule has 0 bridgehead atoms. The Labute approximate surface area is 182 Å². The van der Waals surface area contributed by atoms with Crippen molar-refractivity contribution in [3.8, 4) is 27.4 Å². The largest absolute Gasteiger partial charge is 0.496 e. The third kappa shape index (κ3) is 4.59. The van der Waals surface area contributed by atoms with Crippen molar-refractivity contribution in [2.75, 3.05) is 12.5 Å². The van der Waals surface area contributed by atoms with Crippen molar-refractivity contribution in [3.63, 3.8) is 0 Å². The molecule has 3 aromatic carbocycles. The van der Waals surface area contributed by atoms with E-state index >= 15 is 0 Å². The highest BCUT2D eigenvalue weighted by molar-refractivity contribution is 7.19. The summed E-state index contributed by atoms with van der Waals surface area (Å²) in [4.78, 5) is 16.2. The number of nitrogens with one attached hydrogen (secondary N) is 1. The number of aromatic nitrogens is 1. The number of rotatable bonds is 7. The summed E-state index contributed by atoms with van der Waals surface area (Å²) in [5, 5.41) is 15.9. The summed E-state index contributed by atoms with van der Waals surface area (Å²) in [6.45, 7) is 0. The minimum absolute atomic E-state index is 0.0503. The van der Waals surface area contributed by atoms with Crippen LogP contribution in [0.5, 0.6) is 5.75 Å². The summed E-state index contributed by atoms with van der Waals surface area (Å²) < 4.78 is 5.33. The Morgan fingerprint density at radius 3 is 2.42 bits per heavy atom. The fraction of sp³-hybridized carbons (Fsp3) is 0.0435. The van der Waals surface area contributed by atoms with Crippen molar-refractivity contribution in [2.24, 2.45) is 5.10 Å². The first kappa shape index (κ1) is 20.2. The zero-order valence-electron chi connectivity index (χ0n) is 16.6. The first-order valence-corrected chi connectivity index (χ1v) is 10.2. The highest BCUT2D eigenvalue weighted by Gasteiger charge is 2.16. The number of hydrogen-bond acceptors (Lipinski definition) is 7. The zero-order chi connectivity index (χ0) is 21.6. The van der Waals surface area contributed by atoms with Gasteiger partial charge in [0.25, 0.3) is 5.69 Å². The first-order chi connectivity index (χ1) is 15.2. The number of anilines is 1. The lowest BCUT2D eigenvalue weighted by Gasteiger charge is -2.02. The molecule has 0 saturated heterocycles. The van der Waals surface area contributed by atoms with Crippen molar-refractivity contribution in [1.82, 2.24) is 4.98 Å². The number of hydrogen-bond donors (Lipinski definition) is 1. The van der Waals surface area contributed by atoms with Crippen LogP contribution in [0.4, 0.5) is 10.8 Å². The van der Waals surface area contributed by atoms with Gasteiger partial charge in [0.1, 0.15) is 5.75 Å². The lowest BCUT2D eigenvalue weighted by Crippen LogP contribution is -1.93. The van der Waals surface area contributed by atoms with Crippen LogP contribution in [0.1, 0.15) is 5.56 Å².